The Morgan fingerprint density at radius 3 is 2.00 bits per heavy atom. The van der Waals surface area contributed by atoms with Crippen LogP contribution in [0.5, 0.6) is 0 Å². The average Bonchev–Trinajstić information content (AvgIpc) is 2.84. The predicted octanol–water partition coefficient (Wildman–Crippen LogP) is 5.02. The van der Waals surface area contributed by atoms with Crippen LogP contribution in [0, 0.1) is 0 Å². The van der Waals surface area contributed by atoms with Gasteiger partial charge in [0.25, 0.3) is 0 Å². The summed E-state index contributed by atoms with van der Waals surface area (Å²) < 4.78 is 27.5. The number of amides is 1. The van der Waals surface area contributed by atoms with Crippen molar-refractivity contribution >= 4 is 21.6 Å². The van der Waals surface area contributed by atoms with Gasteiger partial charge in [0.05, 0.1) is 4.90 Å². The van der Waals surface area contributed by atoms with E-state index in [1.54, 1.807) is 24.3 Å². The second-order valence-corrected chi connectivity index (χ2v) is 10.1. The fraction of sp³-hybridized carbons (Fsp3) is 0.269. The van der Waals surface area contributed by atoms with Gasteiger partial charge in [-0.05, 0) is 42.2 Å². The van der Waals surface area contributed by atoms with Crippen LogP contribution >= 0.6 is 0 Å². The van der Waals surface area contributed by atoms with Crippen LogP contribution in [-0.4, -0.2) is 31.7 Å². The van der Waals surface area contributed by atoms with Gasteiger partial charge >= 0.3 is 0 Å². The van der Waals surface area contributed by atoms with Gasteiger partial charge in [-0.1, -0.05) is 73.2 Å². The standard InChI is InChI=1S/C26H28N2O3S/c29-26(20-25(21-11-4-1-5-12-21)22-13-6-2-7-14-22)27-23-15-10-16-24(19-23)32(30,31)28-17-8-3-9-18-28/h1-2,4-7,10-16,19,25H,3,8-9,17-18,20H2,(H,27,29). The minimum absolute atomic E-state index is 0.0855. The van der Waals surface area contributed by atoms with Gasteiger partial charge in [-0.2, -0.15) is 4.31 Å². The Morgan fingerprint density at radius 1 is 0.812 bits per heavy atom. The SMILES string of the molecule is O=C(CC(c1ccccc1)c1ccccc1)Nc1cccc(S(=O)(=O)N2CCCCC2)c1. The maximum Gasteiger partial charge on any atom is 0.243 e. The highest BCUT2D eigenvalue weighted by atomic mass is 32.2. The summed E-state index contributed by atoms with van der Waals surface area (Å²) in [5, 5.41) is 2.91. The summed E-state index contributed by atoms with van der Waals surface area (Å²) in [5.74, 6) is -0.243. The lowest BCUT2D eigenvalue weighted by atomic mass is 9.88. The molecule has 3 aromatic rings. The molecule has 1 saturated heterocycles. The van der Waals surface area contributed by atoms with Gasteiger partial charge in [0.1, 0.15) is 0 Å². The minimum Gasteiger partial charge on any atom is -0.326 e. The van der Waals surface area contributed by atoms with Gasteiger partial charge in [0.15, 0.2) is 0 Å². The van der Waals surface area contributed by atoms with Crippen LogP contribution < -0.4 is 5.32 Å². The van der Waals surface area contributed by atoms with Crippen LogP contribution in [0.3, 0.4) is 0 Å². The van der Waals surface area contributed by atoms with Crippen LogP contribution in [0.15, 0.2) is 89.8 Å². The molecule has 32 heavy (non-hydrogen) atoms. The van der Waals surface area contributed by atoms with E-state index in [2.05, 4.69) is 5.32 Å². The second kappa shape index (κ2) is 10.1. The Morgan fingerprint density at radius 2 is 1.41 bits per heavy atom. The number of carbonyl (C=O) groups is 1. The molecule has 1 amide bonds. The van der Waals surface area contributed by atoms with Gasteiger partial charge in [-0.3, -0.25) is 4.79 Å². The molecule has 1 aliphatic rings. The molecule has 0 aliphatic carbocycles. The largest absolute Gasteiger partial charge is 0.326 e. The van der Waals surface area contributed by atoms with E-state index in [1.165, 1.54) is 4.31 Å². The molecule has 166 valence electrons. The Bertz CT molecular complexity index is 1100. The molecule has 1 heterocycles. The van der Waals surface area contributed by atoms with E-state index < -0.39 is 10.0 Å². The highest BCUT2D eigenvalue weighted by molar-refractivity contribution is 7.89. The van der Waals surface area contributed by atoms with Crippen molar-refractivity contribution in [3.05, 3.63) is 96.1 Å². The zero-order chi connectivity index (χ0) is 22.4. The predicted molar refractivity (Wildman–Crippen MR) is 127 cm³/mol. The van der Waals surface area contributed by atoms with E-state index in [0.29, 0.717) is 18.8 Å². The van der Waals surface area contributed by atoms with Crippen LogP contribution in [-0.2, 0) is 14.8 Å². The topological polar surface area (TPSA) is 66.5 Å². The highest BCUT2D eigenvalue weighted by Gasteiger charge is 2.26. The summed E-state index contributed by atoms with van der Waals surface area (Å²) in [7, 11) is -3.55. The monoisotopic (exact) mass is 448 g/mol. The number of sulfonamides is 1. The van der Waals surface area contributed by atoms with Crippen molar-refractivity contribution in [2.75, 3.05) is 18.4 Å². The second-order valence-electron chi connectivity index (χ2n) is 8.12. The lowest BCUT2D eigenvalue weighted by molar-refractivity contribution is -0.116. The number of piperidine rings is 1. The van der Waals surface area contributed by atoms with E-state index >= 15 is 0 Å². The highest BCUT2D eigenvalue weighted by Crippen LogP contribution is 2.29. The molecule has 0 aromatic heterocycles. The van der Waals surface area contributed by atoms with Crippen LogP contribution in [0.4, 0.5) is 5.69 Å². The van der Waals surface area contributed by atoms with Gasteiger partial charge in [-0.25, -0.2) is 8.42 Å². The van der Waals surface area contributed by atoms with Gasteiger partial charge in [0.2, 0.25) is 15.9 Å². The Kier molecular flexibility index (Phi) is 7.02. The maximum absolute atomic E-state index is 13.0. The van der Waals surface area contributed by atoms with Gasteiger partial charge in [-0.15, -0.1) is 0 Å². The zero-order valence-electron chi connectivity index (χ0n) is 18.0. The zero-order valence-corrected chi connectivity index (χ0v) is 18.8. The van der Waals surface area contributed by atoms with Crippen molar-refractivity contribution in [3.63, 3.8) is 0 Å². The van der Waals surface area contributed by atoms with Crippen LogP contribution in [0.25, 0.3) is 0 Å². The Hall–Kier alpha value is -2.96. The fourth-order valence-corrected chi connectivity index (χ4v) is 5.75. The summed E-state index contributed by atoms with van der Waals surface area (Å²) in [4.78, 5) is 13.2. The molecular weight excluding hydrogens is 420 g/mol. The molecule has 0 saturated carbocycles. The van der Waals surface area contributed by atoms with Crippen molar-refractivity contribution in [3.8, 4) is 0 Å². The van der Waals surface area contributed by atoms with E-state index in [-0.39, 0.29) is 23.1 Å². The summed E-state index contributed by atoms with van der Waals surface area (Å²) >= 11 is 0. The molecular formula is C26H28N2O3S. The summed E-state index contributed by atoms with van der Waals surface area (Å²) in [6.45, 7) is 1.10. The normalized spacial score (nSPS) is 14.9. The third-order valence-corrected chi connectivity index (χ3v) is 7.76. The van der Waals surface area contributed by atoms with E-state index in [4.69, 9.17) is 0 Å². The van der Waals surface area contributed by atoms with Gasteiger partial charge < -0.3 is 5.32 Å². The van der Waals surface area contributed by atoms with Crippen molar-refractivity contribution in [2.24, 2.45) is 0 Å². The number of nitrogens with one attached hydrogen (secondary N) is 1. The number of anilines is 1. The summed E-state index contributed by atoms with van der Waals surface area (Å²) in [6.07, 6.45) is 3.09. The molecule has 5 nitrogen and oxygen atoms in total. The molecule has 0 spiro atoms. The average molecular weight is 449 g/mol. The summed E-state index contributed by atoms with van der Waals surface area (Å²) in [5.41, 5.74) is 2.62. The third-order valence-electron chi connectivity index (χ3n) is 5.86. The molecule has 0 atom stereocenters. The quantitative estimate of drug-likeness (QED) is 0.552. The van der Waals surface area contributed by atoms with Crippen LogP contribution in [0.1, 0.15) is 42.7 Å². The molecule has 1 fully saturated rings. The molecule has 6 heteroatoms. The molecule has 0 radical (unpaired) electrons. The van der Waals surface area contributed by atoms with Crippen molar-refractivity contribution in [2.45, 2.75) is 36.5 Å². The first-order valence-corrected chi connectivity index (χ1v) is 12.5. The number of hydrogen-bond acceptors (Lipinski definition) is 3. The number of benzene rings is 3. The van der Waals surface area contributed by atoms with Crippen molar-refractivity contribution < 1.29 is 13.2 Å². The summed E-state index contributed by atoms with van der Waals surface area (Å²) in [6, 6.07) is 26.5. The first-order chi connectivity index (χ1) is 15.5. The van der Waals surface area contributed by atoms with E-state index in [9.17, 15) is 13.2 Å². The molecule has 3 aromatic carbocycles. The first-order valence-electron chi connectivity index (χ1n) is 11.0. The van der Waals surface area contributed by atoms with Crippen molar-refractivity contribution in [1.82, 2.24) is 4.31 Å². The molecule has 1 aliphatic heterocycles. The Labute approximate surface area is 190 Å². The van der Waals surface area contributed by atoms with E-state index in [0.717, 1.165) is 30.4 Å². The first kappa shape index (κ1) is 22.2. The lowest BCUT2D eigenvalue weighted by Crippen LogP contribution is -2.35. The molecule has 0 unspecified atom stereocenters. The molecule has 1 N–H and O–H groups in total. The van der Waals surface area contributed by atoms with Gasteiger partial charge in [0, 0.05) is 31.1 Å². The van der Waals surface area contributed by atoms with Crippen LogP contribution in [0.2, 0.25) is 0 Å². The lowest BCUT2D eigenvalue weighted by Gasteiger charge is -2.26. The van der Waals surface area contributed by atoms with Crippen molar-refractivity contribution in [1.29, 1.82) is 0 Å². The molecule has 0 bridgehead atoms. The minimum atomic E-state index is -3.55. The number of rotatable bonds is 7. The fourth-order valence-electron chi connectivity index (χ4n) is 4.18. The third kappa shape index (κ3) is 5.26. The van der Waals surface area contributed by atoms with E-state index in [1.807, 2.05) is 60.7 Å². The number of nitrogens with zero attached hydrogens (tertiary/aromatic N) is 1. The number of hydrogen-bond donors (Lipinski definition) is 1. The molecule has 4 rings (SSSR count). The Balaban J connectivity index is 1.51. The number of carbonyl (C=O) groups excluding carboxylic acids is 1. The smallest absolute Gasteiger partial charge is 0.243 e. The maximum atomic E-state index is 13.0.